The van der Waals surface area contributed by atoms with Gasteiger partial charge in [0.15, 0.2) is 9.84 Å². The van der Waals surface area contributed by atoms with Crippen molar-refractivity contribution in [2.24, 2.45) is 0 Å². The molecule has 3 nitrogen and oxygen atoms in total. The molecule has 1 heterocycles. The Balaban J connectivity index is 1.58. The van der Waals surface area contributed by atoms with Crippen molar-refractivity contribution in [1.29, 1.82) is 0 Å². The third kappa shape index (κ3) is 4.58. The minimum Gasteiger partial charge on any atom is -0.303 e. The number of likely N-dealkylation sites (tertiary alicyclic amines) is 1. The molecule has 1 saturated heterocycles. The van der Waals surface area contributed by atoms with Gasteiger partial charge in [-0.05, 0) is 68.2 Å². The minimum absolute atomic E-state index is 0.160. The average molecular weight is 416 g/mol. The summed E-state index contributed by atoms with van der Waals surface area (Å²) in [4.78, 5) is 2.41. The van der Waals surface area contributed by atoms with Crippen LogP contribution in [-0.4, -0.2) is 38.2 Å². The fourth-order valence-corrected chi connectivity index (χ4v) is 5.78. The summed E-state index contributed by atoms with van der Waals surface area (Å²) in [6.07, 6.45) is 1.97. The highest BCUT2D eigenvalue weighted by Gasteiger charge is 2.32. The molecule has 7 heteroatoms. The highest BCUT2D eigenvalue weighted by atomic mass is 35.5. The van der Waals surface area contributed by atoms with Gasteiger partial charge in [-0.15, -0.1) is 0 Å². The molecule has 0 unspecified atom stereocenters. The molecule has 3 rings (SSSR count). The molecule has 0 amide bonds. The minimum atomic E-state index is -3.46. The molecule has 1 aliphatic heterocycles. The van der Waals surface area contributed by atoms with Crippen LogP contribution in [0.15, 0.2) is 47.4 Å². The van der Waals surface area contributed by atoms with Gasteiger partial charge in [0.1, 0.15) is 5.82 Å². The Hall–Kier alpha value is -1.14. The SMILES string of the molecule is O=S(=O)(c1ccc(Cl)cc1Cl)C1CCN(CCc2ccc(F)cc2)CC1. The van der Waals surface area contributed by atoms with Gasteiger partial charge in [-0.3, -0.25) is 0 Å². The van der Waals surface area contributed by atoms with Crippen LogP contribution in [0, 0.1) is 5.82 Å². The lowest BCUT2D eigenvalue weighted by Crippen LogP contribution is -2.40. The maximum atomic E-state index is 12.9. The smallest absolute Gasteiger partial charge is 0.182 e. The van der Waals surface area contributed by atoms with Gasteiger partial charge in [0.2, 0.25) is 0 Å². The maximum Gasteiger partial charge on any atom is 0.182 e. The van der Waals surface area contributed by atoms with E-state index in [2.05, 4.69) is 4.90 Å². The van der Waals surface area contributed by atoms with E-state index in [1.807, 2.05) is 0 Å². The molecule has 0 spiro atoms. The molecule has 0 saturated carbocycles. The van der Waals surface area contributed by atoms with Gasteiger partial charge >= 0.3 is 0 Å². The van der Waals surface area contributed by atoms with E-state index in [4.69, 9.17) is 23.2 Å². The van der Waals surface area contributed by atoms with Crippen molar-refractivity contribution in [3.63, 3.8) is 0 Å². The van der Waals surface area contributed by atoms with Gasteiger partial charge in [0.25, 0.3) is 0 Å². The van der Waals surface area contributed by atoms with Crippen LogP contribution in [-0.2, 0) is 16.3 Å². The summed E-state index contributed by atoms with van der Waals surface area (Å²) in [5.41, 5.74) is 1.08. The number of sulfone groups is 1. The van der Waals surface area contributed by atoms with E-state index >= 15 is 0 Å². The molecule has 1 fully saturated rings. The molecule has 0 aliphatic carbocycles. The molecule has 26 heavy (non-hydrogen) atoms. The van der Waals surface area contributed by atoms with E-state index in [-0.39, 0.29) is 15.7 Å². The van der Waals surface area contributed by atoms with Crippen LogP contribution in [0.25, 0.3) is 0 Å². The van der Waals surface area contributed by atoms with Gasteiger partial charge in [0, 0.05) is 11.6 Å². The van der Waals surface area contributed by atoms with Gasteiger partial charge in [-0.25, -0.2) is 12.8 Å². The zero-order chi connectivity index (χ0) is 18.7. The molecule has 0 radical (unpaired) electrons. The van der Waals surface area contributed by atoms with Gasteiger partial charge in [-0.1, -0.05) is 35.3 Å². The Kier molecular flexibility index (Phi) is 6.23. The van der Waals surface area contributed by atoms with Crippen LogP contribution >= 0.6 is 23.2 Å². The van der Waals surface area contributed by atoms with Crippen LogP contribution in [0.4, 0.5) is 4.39 Å². The van der Waals surface area contributed by atoms with Crippen molar-refractivity contribution in [3.8, 4) is 0 Å². The Morgan fingerprint density at radius 2 is 1.69 bits per heavy atom. The second-order valence-corrected chi connectivity index (χ2v) is 9.58. The van der Waals surface area contributed by atoms with Gasteiger partial charge in [-0.2, -0.15) is 0 Å². The second-order valence-electron chi connectivity index (χ2n) is 6.54. The molecule has 2 aromatic rings. The summed E-state index contributed by atoms with van der Waals surface area (Å²) in [7, 11) is -3.46. The topological polar surface area (TPSA) is 37.4 Å². The zero-order valence-corrected chi connectivity index (χ0v) is 16.5. The molecule has 140 valence electrons. The maximum absolute atomic E-state index is 12.9. The van der Waals surface area contributed by atoms with E-state index in [9.17, 15) is 12.8 Å². The first-order chi connectivity index (χ1) is 12.4. The number of hydrogen-bond donors (Lipinski definition) is 0. The van der Waals surface area contributed by atoms with Gasteiger partial charge < -0.3 is 4.90 Å². The summed E-state index contributed by atoms with van der Waals surface area (Å²) in [6, 6.07) is 11.0. The van der Waals surface area contributed by atoms with Crippen LogP contribution < -0.4 is 0 Å². The number of halogens is 3. The molecule has 0 N–H and O–H groups in total. The molecule has 0 atom stereocenters. The van der Waals surface area contributed by atoms with E-state index in [0.717, 1.165) is 31.6 Å². The Labute approximate surface area is 163 Å². The molecule has 2 aromatic carbocycles. The first-order valence-electron chi connectivity index (χ1n) is 8.52. The van der Waals surface area contributed by atoms with E-state index in [1.54, 1.807) is 18.2 Å². The monoisotopic (exact) mass is 415 g/mol. The normalized spacial score (nSPS) is 16.7. The standard InChI is InChI=1S/C19H20Cl2FNO2S/c20-15-3-6-19(18(21)13-15)26(24,25)17-8-11-23(12-9-17)10-7-14-1-4-16(22)5-2-14/h1-6,13,17H,7-12H2. The van der Waals surface area contributed by atoms with E-state index in [1.165, 1.54) is 24.3 Å². The lowest BCUT2D eigenvalue weighted by atomic mass is 10.1. The van der Waals surface area contributed by atoms with Crippen molar-refractivity contribution in [2.75, 3.05) is 19.6 Å². The summed E-state index contributed by atoms with van der Waals surface area (Å²) < 4.78 is 38.7. The van der Waals surface area contributed by atoms with Crippen LogP contribution in [0.5, 0.6) is 0 Å². The summed E-state index contributed by atoms with van der Waals surface area (Å²) in [5, 5.41) is 0.170. The summed E-state index contributed by atoms with van der Waals surface area (Å²) >= 11 is 11.9. The number of piperidine rings is 1. The quantitative estimate of drug-likeness (QED) is 0.714. The van der Waals surface area contributed by atoms with Crippen molar-refractivity contribution >= 4 is 33.0 Å². The third-order valence-electron chi connectivity index (χ3n) is 4.80. The number of rotatable bonds is 5. The fraction of sp³-hybridized carbons (Fsp3) is 0.368. The Morgan fingerprint density at radius 3 is 2.31 bits per heavy atom. The highest BCUT2D eigenvalue weighted by molar-refractivity contribution is 7.92. The Morgan fingerprint density at radius 1 is 1.04 bits per heavy atom. The van der Waals surface area contributed by atoms with Crippen molar-refractivity contribution in [1.82, 2.24) is 4.90 Å². The van der Waals surface area contributed by atoms with E-state index < -0.39 is 15.1 Å². The van der Waals surface area contributed by atoms with Crippen molar-refractivity contribution in [2.45, 2.75) is 29.4 Å². The van der Waals surface area contributed by atoms with Crippen molar-refractivity contribution in [3.05, 3.63) is 63.9 Å². The number of nitrogens with zero attached hydrogens (tertiary/aromatic N) is 1. The molecular formula is C19H20Cl2FNO2S. The first-order valence-corrected chi connectivity index (χ1v) is 10.8. The first kappa shape index (κ1) is 19.6. The lowest BCUT2D eigenvalue weighted by Gasteiger charge is -2.31. The second kappa shape index (κ2) is 8.26. The fourth-order valence-electron chi connectivity index (χ4n) is 3.27. The zero-order valence-electron chi connectivity index (χ0n) is 14.2. The van der Waals surface area contributed by atoms with Gasteiger partial charge in [0.05, 0.1) is 15.2 Å². The molecular weight excluding hydrogens is 396 g/mol. The molecule has 1 aliphatic rings. The molecule has 0 bridgehead atoms. The lowest BCUT2D eigenvalue weighted by molar-refractivity contribution is 0.232. The largest absolute Gasteiger partial charge is 0.303 e. The highest BCUT2D eigenvalue weighted by Crippen LogP contribution is 2.31. The Bertz CT molecular complexity index is 864. The van der Waals surface area contributed by atoms with Crippen LogP contribution in [0.3, 0.4) is 0 Å². The number of benzene rings is 2. The van der Waals surface area contributed by atoms with Crippen molar-refractivity contribution < 1.29 is 12.8 Å². The average Bonchev–Trinajstić information content (AvgIpc) is 2.61. The predicted octanol–water partition coefficient (Wildman–Crippen LogP) is 4.61. The molecule has 0 aromatic heterocycles. The van der Waals surface area contributed by atoms with Crippen LogP contribution in [0.2, 0.25) is 10.0 Å². The predicted molar refractivity (Wildman–Crippen MR) is 103 cm³/mol. The summed E-state index contributed by atoms with van der Waals surface area (Å²) in [6.45, 7) is 2.27. The van der Waals surface area contributed by atoms with Crippen LogP contribution in [0.1, 0.15) is 18.4 Å². The summed E-state index contributed by atoms with van der Waals surface area (Å²) in [5.74, 6) is -0.236. The number of hydrogen-bond acceptors (Lipinski definition) is 3. The van der Waals surface area contributed by atoms with E-state index in [0.29, 0.717) is 17.9 Å². The third-order valence-corrected chi connectivity index (χ3v) is 7.78.